The van der Waals surface area contributed by atoms with E-state index in [2.05, 4.69) is 23.8 Å². The number of rotatable bonds is 2. The summed E-state index contributed by atoms with van der Waals surface area (Å²) in [5.41, 5.74) is 1.18. The molecule has 0 radical (unpaired) electrons. The highest BCUT2D eigenvalue weighted by molar-refractivity contribution is 5.27. The number of anilines is 1. The van der Waals surface area contributed by atoms with Crippen molar-refractivity contribution in [3.8, 4) is 0 Å². The summed E-state index contributed by atoms with van der Waals surface area (Å²) in [5, 5.41) is 0. The van der Waals surface area contributed by atoms with Crippen LogP contribution in [0.1, 0.15) is 25.3 Å². The van der Waals surface area contributed by atoms with Crippen molar-refractivity contribution in [1.82, 2.24) is 9.97 Å². The Hall–Kier alpha value is -1.12. The van der Waals surface area contributed by atoms with Gasteiger partial charge in [-0.3, -0.25) is 0 Å². The van der Waals surface area contributed by atoms with Gasteiger partial charge in [-0.05, 0) is 11.5 Å². The van der Waals surface area contributed by atoms with Crippen molar-refractivity contribution >= 4 is 5.95 Å². The Labute approximate surface area is 73.5 Å². The van der Waals surface area contributed by atoms with Crippen LogP contribution in [0.5, 0.6) is 0 Å². The molecule has 0 bridgehead atoms. The molecule has 0 aliphatic heterocycles. The van der Waals surface area contributed by atoms with Gasteiger partial charge in [-0.25, -0.2) is 9.97 Å². The number of aromatic nitrogens is 2. The molecule has 0 fully saturated rings. The maximum Gasteiger partial charge on any atom is 0.224 e. The van der Waals surface area contributed by atoms with Crippen molar-refractivity contribution in [1.29, 1.82) is 0 Å². The highest BCUT2D eigenvalue weighted by Crippen LogP contribution is 2.12. The van der Waals surface area contributed by atoms with Crippen molar-refractivity contribution in [3.63, 3.8) is 0 Å². The molecule has 1 aromatic rings. The van der Waals surface area contributed by atoms with Gasteiger partial charge >= 0.3 is 0 Å². The Balaban J connectivity index is 2.86. The van der Waals surface area contributed by atoms with Crippen LogP contribution in [0.3, 0.4) is 0 Å². The van der Waals surface area contributed by atoms with Gasteiger partial charge in [-0.15, -0.1) is 0 Å². The Morgan fingerprint density at radius 3 is 2.00 bits per heavy atom. The lowest BCUT2D eigenvalue weighted by Gasteiger charge is -2.10. The first kappa shape index (κ1) is 8.97. The standard InChI is InChI=1S/C9H15N3/c1-7(2)8-5-10-9(11-6-8)12(3)4/h5-7H,1-4H3. The first-order valence-electron chi connectivity index (χ1n) is 4.10. The molecule has 0 saturated carbocycles. The second-order valence-electron chi connectivity index (χ2n) is 3.37. The fourth-order valence-electron chi connectivity index (χ4n) is 0.860. The Morgan fingerprint density at radius 1 is 1.17 bits per heavy atom. The van der Waals surface area contributed by atoms with Crippen molar-refractivity contribution in [2.24, 2.45) is 0 Å². The molecule has 3 heteroatoms. The van der Waals surface area contributed by atoms with Crippen LogP contribution < -0.4 is 4.90 Å². The summed E-state index contributed by atoms with van der Waals surface area (Å²) in [6.45, 7) is 4.27. The zero-order valence-electron chi connectivity index (χ0n) is 8.07. The molecule has 1 heterocycles. The van der Waals surface area contributed by atoms with E-state index in [1.54, 1.807) is 0 Å². The van der Waals surface area contributed by atoms with Crippen LogP contribution in [0, 0.1) is 0 Å². The second-order valence-corrected chi connectivity index (χ2v) is 3.37. The number of hydrogen-bond donors (Lipinski definition) is 0. The Bertz CT molecular complexity index is 211. The fourth-order valence-corrected chi connectivity index (χ4v) is 0.860. The topological polar surface area (TPSA) is 29.0 Å². The van der Waals surface area contributed by atoms with Crippen LogP contribution >= 0.6 is 0 Å². The summed E-state index contributed by atoms with van der Waals surface area (Å²) in [6, 6.07) is 0. The quantitative estimate of drug-likeness (QED) is 0.667. The minimum Gasteiger partial charge on any atom is -0.347 e. The first-order valence-corrected chi connectivity index (χ1v) is 4.10. The van der Waals surface area contributed by atoms with E-state index in [9.17, 15) is 0 Å². The molecular formula is C9H15N3. The molecule has 0 N–H and O–H groups in total. The molecule has 3 nitrogen and oxygen atoms in total. The zero-order chi connectivity index (χ0) is 9.14. The zero-order valence-corrected chi connectivity index (χ0v) is 8.07. The average Bonchev–Trinajstić information content (AvgIpc) is 2.04. The van der Waals surface area contributed by atoms with Crippen LogP contribution in [0.15, 0.2) is 12.4 Å². The van der Waals surface area contributed by atoms with Gasteiger partial charge in [0, 0.05) is 26.5 Å². The van der Waals surface area contributed by atoms with E-state index >= 15 is 0 Å². The van der Waals surface area contributed by atoms with E-state index in [0.717, 1.165) is 5.95 Å². The van der Waals surface area contributed by atoms with Crippen molar-refractivity contribution in [2.45, 2.75) is 19.8 Å². The van der Waals surface area contributed by atoms with E-state index < -0.39 is 0 Å². The fraction of sp³-hybridized carbons (Fsp3) is 0.556. The summed E-state index contributed by atoms with van der Waals surface area (Å²) < 4.78 is 0. The molecule has 0 aromatic carbocycles. The van der Waals surface area contributed by atoms with E-state index in [1.165, 1.54) is 5.56 Å². The Morgan fingerprint density at radius 2 is 1.67 bits per heavy atom. The Kier molecular flexibility index (Phi) is 2.63. The van der Waals surface area contributed by atoms with Crippen LogP contribution in [-0.2, 0) is 0 Å². The summed E-state index contributed by atoms with van der Waals surface area (Å²) >= 11 is 0. The molecule has 12 heavy (non-hydrogen) atoms. The minimum absolute atomic E-state index is 0.501. The van der Waals surface area contributed by atoms with Gasteiger partial charge in [0.15, 0.2) is 0 Å². The summed E-state index contributed by atoms with van der Waals surface area (Å²) in [5.74, 6) is 1.26. The molecule has 0 saturated heterocycles. The highest BCUT2D eigenvalue weighted by Gasteiger charge is 2.01. The van der Waals surface area contributed by atoms with Gasteiger partial charge in [0.05, 0.1) is 0 Å². The van der Waals surface area contributed by atoms with Crippen molar-refractivity contribution in [3.05, 3.63) is 18.0 Å². The van der Waals surface area contributed by atoms with Gasteiger partial charge < -0.3 is 4.90 Å². The van der Waals surface area contributed by atoms with Gasteiger partial charge in [0.1, 0.15) is 0 Å². The molecule has 1 rings (SSSR count). The van der Waals surface area contributed by atoms with Crippen LogP contribution in [0.2, 0.25) is 0 Å². The monoisotopic (exact) mass is 165 g/mol. The third-order valence-electron chi connectivity index (χ3n) is 1.72. The lowest BCUT2D eigenvalue weighted by Crippen LogP contribution is -2.12. The average molecular weight is 165 g/mol. The SMILES string of the molecule is CC(C)c1cnc(N(C)C)nc1. The first-order chi connectivity index (χ1) is 5.61. The van der Waals surface area contributed by atoms with E-state index in [-0.39, 0.29) is 0 Å². The predicted molar refractivity (Wildman–Crippen MR) is 50.4 cm³/mol. The minimum atomic E-state index is 0.501. The van der Waals surface area contributed by atoms with Crippen molar-refractivity contribution in [2.75, 3.05) is 19.0 Å². The molecule has 0 aliphatic rings. The summed E-state index contributed by atoms with van der Waals surface area (Å²) in [6.07, 6.45) is 3.76. The van der Waals surface area contributed by atoms with E-state index in [1.807, 2.05) is 31.4 Å². The highest BCUT2D eigenvalue weighted by atomic mass is 15.2. The maximum atomic E-state index is 4.21. The molecule has 0 aliphatic carbocycles. The molecule has 0 spiro atoms. The van der Waals surface area contributed by atoms with E-state index in [0.29, 0.717) is 5.92 Å². The van der Waals surface area contributed by atoms with Crippen LogP contribution in [0.25, 0.3) is 0 Å². The maximum absolute atomic E-state index is 4.21. The van der Waals surface area contributed by atoms with E-state index in [4.69, 9.17) is 0 Å². The van der Waals surface area contributed by atoms with Crippen LogP contribution in [-0.4, -0.2) is 24.1 Å². The lowest BCUT2D eigenvalue weighted by atomic mass is 10.1. The third kappa shape index (κ3) is 1.94. The largest absolute Gasteiger partial charge is 0.347 e. The predicted octanol–water partition coefficient (Wildman–Crippen LogP) is 1.67. The number of nitrogens with zero attached hydrogens (tertiary/aromatic N) is 3. The second kappa shape index (κ2) is 3.52. The molecule has 0 amide bonds. The van der Waals surface area contributed by atoms with Gasteiger partial charge in [-0.1, -0.05) is 13.8 Å². The molecule has 0 unspecified atom stereocenters. The van der Waals surface area contributed by atoms with Gasteiger partial charge in [-0.2, -0.15) is 0 Å². The number of hydrogen-bond acceptors (Lipinski definition) is 3. The molecule has 66 valence electrons. The smallest absolute Gasteiger partial charge is 0.224 e. The summed E-state index contributed by atoms with van der Waals surface area (Å²) in [4.78, 5) is 10.3. The normalized spacial score (nSPS) is 10.4. The molecule has 0 atom stereocenters. The third-order valence-corrected chi connectivity index (χ3v) is 1.72. The van der Waals surface area contributed by atoms with Crippen molar-refractivity contribution < 1.29 is 0 Å². The lowest BCUT2D eigenvalue weighted by molar-refractivity contribution is 0.840. The van der Waals surface area contributed by atoms with Crippen LogP contribution in [0.4, 0.5) is 5.95 Å². The molecule has 1 aromatic heterocycles. The summed E-state index contributed by atoms with van der Waals surface area (Å²) in [7, 11) is 3.87. The van der Waals surface area contributed by atoms with Gasteiger partial charge in [0.25, 0.3) is 0 Å². The molecular weight excluding hydrogens is 150 g/mol. The van der Waals surface area contributed by atoms with Gasteiger partial charge in [0.2, 0.25) is 5.95 Å².